The van der Waals surface area contributed by atoms with Gasteiger partial charge in [-0.25, -0.2) is 9.66 Å². The summed E-state index contributed by atoms with van der Waals surface area (Å²) < 4.78 is 1.93. The lowest BCUT2D eigenvalue weighted by Crippen LogP contribution is -2.29. The van der Waals surface area contributed by atoms with Crippen LogP contribution in [-0.4, -0.2) is 9.66 Å². The number of nitrogens with zero attached hydrogens (tertiary/aromatic N) is 2. The smallest absolute Gasteiger partial charge is 0.280 e. The van der Waals surface area contributed by atoms with Crippen molar-refractivity contribution in [1.29, 1.82) is 0 Å². The van der Waals surface area contributed by atoms with E-state index < -0.39 is 0 Å². The number of hydrogen-bond acceptors (Lipinski definition) is 3. The van der Waals surface area contributed by atoms with Crippen LogP contribution in [0, 0.1) is 0 Å². The fourth-order valence-corrected chi connectivity index (χ4v) is 2.44. The molecule has 4 nitrogen and oxygen atoms in total. The van der Waals surface area contributed by atoms with Gasteiger partial charge in [-0.1, -0.05) is 46.3 Å². The second-order valence-electron chi connectivity index (χ2n) is 4.11. The van der Waals surface area contributed by atoms with Crippen molar-refractivity contribution in [2.45, 2.75) is 0 Å². The lowest BCUT2D eigenvalue weighted by molar-refractivity contribution is 0.926. The zero-order valence-electron chi connectivity index (χ0n) is 9.88. The summed E-state index contributed by atoms with van der Waals surface area (Å²) in [6.07, 6.45) is 0. The predicted octanol–water partition coefficient (Wildman–Crippen LogP) is 2.54. The van der Waals surface area contributed by atoms with Crippen molar-refractivity contribution >= 4 is 26.8 Å². The molecule has 5 heteroatoms. The Morgan fingerprint density at radius 1 is 1.05 bits per heavy atom. The van der Waals surface area contributed by atoms with Crippen LogP contribution in [0.15, 0.2) is 57.8 Å². The highest BCUT2D eigenvalue weighted by atomic mass is 79.9. The van der Waals surface area contributed by atoms with Gasteiger partial charge in [-0.15, -0.1) is 0 Å². The van der Waals surface area contributed by atoms with Crippen molar-refractivity contribution in [1.82, 2.24) is 9.66 Å². The van der Waals surface area contributed by atoms with E-state index in [0.717, 1.165) is 14.7 Å². The van der Waals surface area contributed by atoms with Crippen LogP contribution in [0.1, 0.15) is 0 Å². The average Bonchev–Trinajstić information content (AvgIpc) is 2.44. The van der Waals surface area contributed by atoms with E-state index in [1.54, 1.807) is 18.2 Å². The Labute approximate surface area is 117 Å². The van der Waals surface area contributed by atoms with Gasteiger partial charge in [0.25, 0.3) is 5.56 Å². The van der Waals surface area contributed by atoms with E-state index in [1.807, 2.05) is 30.3 Å². The molecule has 0 unspecified atom stereocenters. The second-order valence-corrected chi connectivity index (χ2v) is 4.96. The van der Waals surface area contributed by atoms with Gasteiger partial charge in [0.05, 0.1) is 10.9 Å². The van der Waals surface area contributed by atoms with Gasteiger partial charge < -0.3 is 5.84 Å². The van der Waals surface area contributed by atoms with E-state index in [4.69, 9.17) is 5.84 Å². The number of para-hydroxylation sites is 1. The number of nitrogens with two attached hydrogens (primary N) is 1. The molecule has 0 aliphatic heterocycles. The van der Waals surface area contributed by atoms with E-state index >= 15 is 0 Å². The van der Waals surface area contributed by atoms with Gasteiger partial charge in [0, 0.05) is 10.0 Å². The first-order valence-corrected chi connectivity index (χ1v) is 6.49. The quantitative estimate of drug-likeness (QED) is 0.702. The highest BCUT2D eigenvalue weighted by Crippen LogP contribution is 2.25. The highest BCUT2D eigenvalue weighted by Gasteiger charge is 2.12. The second kappa shape index (κ2) is 4.51. The molecule has 1 aromatic heterocycles. The third-order valence-corrected chi connectivity index (χ3v) is 3.61. The first kappa shape index (κ1) is 11.9. The molecule has 3 aromatic rings. The van der Waals surface area contributed by atoms with Crippen LogP contribution in [0.5, 0.6) is 0 Å². The molecule has 0 spiro atoms. The molecule has 2 N–H and O–H groups in total. The van der Waals surface area contributed by atoms with E-state index in [1.165, 1.54) is 0 Å². The molecule has 0 atom stereocenters. The Balaban J connectivity index is 2.40. The molecule has 94 valence electrons. The van der Waals surface area contributed by atoms with E-state index in [-0.39, 0.29) is 5.56 Å². The molecule has 1 heterocycles. The standard InChI is InChI=1S/C14H10BrN3O/c15-11-7-3-1-5-9(11)13-17-12-8-4-2-6-10(12)14(19)18(13)16/h1-8H,16H2. The first-order valence-electron chi connectivity index (χ1n) is 5.70. The summed E-state index contributed by atoms with van der Waals surface area (Å²) in [4.78, 5) is 16.7. The first-order chi connectivity index (χ1) is 9.18. The maximum atomic E-state index is 12.2. The van der Waals surface area contributed by atoms with Crippen molar-refractivity contribution in [2.75, 3.05) is 5.84 Å². The molecule has 0 aliphatic rings. The predicted molar refractivity (Wildman–Crippen MR) is 79.3 cm³/mol. The van der Waals surface area contributed by atoms with Crippen LogP contribution in [0.3, 0.4) is 0 Å². The number of nitrogen functional groups attached to an aromatic ring is 1. The molecule has 0 fully saturated rings. The molecule has 0 saturated carbocycles. The van der Waals surface area contributed by atoms with E-state index in [2.05, 4.69) is 20.9 Å². The Morgan fingerprint density at radius 2 is 1.74 bits per heavy atom. The zero-order valence-corrected chi connectivity index (χ0v) is 11.5. The summed E-state index contributed by atoms with van der Waals surface area (Å²) in [6.45, 7) is 0. The van der Waals surface area contributed by atoms with E-state index in [9.17, 15) is 4.79 Å². The van der Waals surface area contributed by atoms with Crippen LogP contribution in [-0.2, 0) is 0 Å². The van der Waals surface area contributed by atoms with Crippen LogP contribution in [0.2, 0.25) is 0 Å². The van der Waals surface area contributed by atoms with Crippen LogP contribution in [0.4, 0.5) is 0 Å². The summed E-state index contributed by atoms with van der Waals surface area (Å²) in [6, 6.07) is 14.7. The zero-order chi connectivity index (χ0) is 13.4. The van der Waals surface area contributed by atoms with Gasteiger partial charge in [-0.05, 0) is 18.2 Å². The Bertz CT molecular complexity index is 826. The highest BCUT2D eigenvalue weighted by molar-refractivity contribution is 9.10. The monoisotopic (exact) mass is 315 g/mol. The average molecular weight is 316 g/mol. The minimum absolute atomic E-state index is 0.253. The fraction of sp³-hybridized carbons (Fsp3) is 0. The summed E-state index contributed by atoms with van der Waals surface area (Å²) in [7, 11) is 0. The fourth-order valence-electron chi connectivity index (χ4n) is 1.98. The molecular formula is C14H10BrN3O. The lowest BCUT2D eigenvalue weighted by Gasteiger charge is -2.10. The summed E-state index contributed by atoms with van der Waals surface area (Å²) >= 11 is 3.44. The number of fused-ring (bicyclic) bond motifs is 1. The molecule has 2 aromatic carbocycles. The maximum absolute atomic E-state index is 12.2. The third-order valence-electron chi connectivity index (χ3n) is 2.92. The largest absolute Gasteiger partial charge is 0.334 e. The topological polar surface area (TPSA) is 60.9 Å². The molecule has 0 bridgehead atoms. The molecular weight excluding hydrogens is 306 g/mol. The van der Waals surface area contributed by atoms with Crippen molar-refractivity contribution in [2.24, 2.45) is 0 Å². The number of hydrogen-bond donors (Lipinski definition) is 1. The van der Waals surface area contributed by atoms with Crippen LogP contribution < -0.4 is 11.4 Å². The van der Waals surface area contributed by atoms with Crippen molar-refractivity contribution in [3.05, 3.63) is 63.4 Å². The molecule has 0 radical (unpaired) electrons. The van der Waals surface area contributed by atoms with Gasteiger partial charge in [-0.2, -0.15) is 0 Å². The minimum atomic E-state index is -0.253. The maximum Gasteiger partial charge on any atom is 0.280 e. The number of aromatic nitrogens is 2. The molecule has 0 aliphatic carbocycles. The summed E-state index contributed by atoms with van der Waals surface area (Å²) in [5.41, 5.74) is 1.17. The van der Waals surface area contributed by atoms with Gasteiger partial charge in [0.2, 0.25) is 0 Å². The number of halogens is 1. The summed E-state index contributed by atoms with van der Waals surface area (Å²) in [5, 5.41) is 0.515. The minimum Gasteiger partial charge on any atom is -0.334 e. The number of rotatable bonds is 1. The van der Waals surface area contributed by atoms with Gasteiger partial charge in [0.1, 0.15) is 0 Å². The number of benzene rings is 2. The van der Waals surface area contributed by atoms with Crippen molar-refractivity contribution < 1.29 is 0 Å². The molecule has 0 amide bonds. The summed E-state index contributed by atoms with van der Waals surface area (Å²) in [5.74, 6) is 6.31. The normalized spacial score (nSPS) is 10.8. The molecule has 19 heavy (non-hydrogen) atoms. The van der Waals surface area contributed by atoms with Crippen molar-refractivity contribution in [3.8, 4) is 11.4 Å². The van der Waals surface area contributed by atoms with Gasteiger partial charge in [-0.3, -0.25) is 4.79 Å². The van der Waals surface area contributed by atoms with Gasteiger partial charge in [0.15, 0.2) is 5.82 Å². The third kappa shape index (κ3) is 1.92. The Morgan fingerprint density at radius 3 is 2.53 bits per heavy atom. The van der Waals surface area contributed by atoms with E-state index in [0.29, 0.717) is 16.7 Å². The SMILES string of the molecule is Nn1c(-c2ccccc2Br)nc2ccccc2c1=O. The van der Waals surface area contributed by atoms with Crippen molar-refractivity contribution in [3.63, 3.8) is 0 Å². The van der Waals surface area contributed by atoms with Crippen LogP contribution in [0.25, 0.3) is 22.3 Å². The Hall–Kier alpha value is -2.14. The molecule has 0 saturated heterocycles. The lowest BCUT2D eigenvalue weighted by atomic mass is 10.2. The molecule has 3 rings (SSSR count). The van der Waals surface area contributed by atoms with Crippen LogP contribution >= 0.6 is 15.9 Å². The van der Waals surface area contributed by atoms with Gasteiger partial charge >= 0.3 is 0 Å². The Kier molecular flexibility index (Phi) is 2.83.